The minimum atomic E-state index is -0.352. The van der Waals surface area contributed by atoms with Crippen LogP contribution in [0.15, 0.2) is 29.3 Å². The minimum Gasteiger partial charge on any atom is -0.379 e. The summed E-state index contributed by atoms with van der Waals surface area (Å²) in [5, 5.41) is 3.10. The zero-order valence-electron chi connectivity index (χ0n) is 15.1. The Hall–Kier alpha value is -2.54. The maximum absolute atomic E-state index is 12.4. The predicted octanol–water partition coefficient (Wildman–Crippen LogP) is 1.09. The topological polar surface area (TPSA) is 97.0 Å². The van der Waals surface area contributed by atoms with Crippen LogP contribution in [0, 0.1) is 19.8 Å². The van der Waals surface area contributed by atoms with Crippen LogP contribution in [0.1, 0.15) is 28.9 Å². The fourth-order valence-corrected chi connectivity index (χ4v) is 3.42. The van der Waals surface area contributed by atoms with Crippen LogP contribution < -0.4 is 11.0 Å². The van der Waals surface area contributed by atoms with E-state index in [1.807, 2.05) is 19.1 Å². The van der Waals surface area contributed by atoms with Crippen molar-refractivity contribution >= 4 is 5.91 Å². The molecule has 3 heterocycles. The number of pyridine rings is 1. The fourth-order valence-electron chi connectivity index (χ4n) is 3.42. The number of hydrogen-bond acceptors (Lipinski definition) is 5. The van der Waals surface area contributed by atoms with E-state index in [9.17, 15) is 9.59 Å². The van der Waals surface area contributed by atoms with Gasteiger partial charge in [0.1, 0.15) is 0 Å². The largest absolute Gasteiger partial charge is 0.379 e. The molecule has 1 fully saturated rings. The van der Waals surface area contributed by atoms with Crippen LogP contribution in [0.5, 0.6) is 0 Å². The quantitative estimate of drug-likeness (QED) is 0.807. The highest BCUT2D eigenvalue weighted by Gasteiger charge is 2.29. The second-order valence-electron chi connectivity index (χ2n) is 6.76. The van der Waals surface area contributed by atoms with E-state index < -0.39 is 0 Å². The summed E-state index contributed by atoms with van der Waals surface area (Å²) < 4.78 is 5.58. The van der Waals surface area contributed by atoms with Crippen LogP contribution in [0.3, 0.4) is 0 Å². The second-order valence-corrected chi connectivity index (χ2v) is 6.76. The molecule has 7 nitrogen and oxygen atoms in total. The molecule has 7 heteroatoms. The second kappa shape index (κ2) is 8.23. The van der Waals surface area contributed by atoms with E-state index in [-0.39, 0.29) is 23.6 Å². The number of rotatable bonds is 6. The van der Waals surface area contributed by atoms with E-state index in [0.717, 1.165) is 17.7 Å². The van der Waals surface area contributed by atoms with E-state index in [2.05, 4.69) is 20.3 Å². The third kappa shape index (κ3) is 4.54. The third-order valence-corrected chi connectivity index (χ3v) is 4.85. The Morgan fingerprint density at radius 3 is 2.81 bits per heavy atom. The first kappa shape index (κ1) is 18.3. The molecule has 0 spiro atoms. The van der Waals surface area contributed by atoms with Crippen molar-refractivity contribution in [1.29, 1.82) is 0 Å². The number of nitrogens with one attached hydrogen (secondary N) is 2. The van der Waals surface area contributed by atoms with Crippen molar-refractivity contribution in [3.05, 3.63) is 57.5 Å². The summed E-state index contributed by atoms with van der Waals surface area (Å²) in [7, 11) is 0. The van der Waals surface area contributed by atoms with Crippen molar-refractivity contribution in [3.63, 3.8) is 0 Å². The van der Waals surface area contributed by atoms with Gasteiger partial charge in [-0.05, 0) is 49.9 Å². The molecular weight excluding hydrogens is 332 g/mol. The average Bonchev–Trinajstić information content (AvgIpc) is 3.01. The van der Waals surface area contributed by atoms with Crippen LogP contribution in [-0.4, -0.2) is 40.1 Å². The van der Waals surface area contributed by atoms with Gasteiger partial charge in [0.2, 0.25) is 5.91 Å². The normalized spacial score (nSPS) is 19.5. The molecule has 1 aliphatic rings. The van der Waals surface area contributed by atoms with Crippen molar-refractivity contribution in [2.24, 2.45) is 5.92 Å². The van der Waals surface area contributed by atoms with Crippen LogP contribution in [-0.2, 0) is 22.4 Å². The van der Waals surface area contributed by atoms with E-state index in [0.29, 0.717) is 31.7 Å². The highest BCUT2D eigenvalue weighted by Crippen LogP contribution is 2.19. The van der Waals surface area contributed by atoms with Gasteiger partial charge in [-0.2, -0.15) is 4.98 Å². The Morgan fingerprint density at radius 2 is 2.08 bits per heavy atom. The maximum Gasteiger partial charge on any atom is 0.345 e. The molecule has 138 valence electrons. The van der Waals surface area contributed by atoms with Gasteiger partial charge in [0.15, 0.2) is 0 Å². The third-order valence-electron chi connectivity index (χ3n) is 4.85. The molecule has 0 saturated carbocycles. The van der Waals surface area contributed by atoms with Gasteiger partial charge in [0.05, 0.1) is 19.3 Å². The summed E-state index contributed by atoms with van der Waals surface area (Å²) in [4.78, 5) is 34.4. The molecule has 0 bridgehead atoms. The van der Waals surface area contributed by atoms with Crippen molar-refractivity contribution in [2.75, 3.05) is 13.2 Å². The van der Waals surface area contributed by atoms with Crippen LogP contribution in [0.2, 0.25) is 0 Å². The fraction of sp³-hybridized carbons (Fsp3) is 0.474. The molecule has 2 aromatic heterocycles. The molecule has 1 saturated heterocycles. The number of amides is 1. The lowest BCUT2D eigenvalue weighted by Crippen LogP contribution is -2.40. The highest BCUT2D eigenvalue weighted by molar-refractivity contribution is 5.76. The van der Waals surface area contributed by atoms with Crippen LogP contribution in [0.4, 0.5) is 0 Å². The molecule has 1 amide bonds. The molecule has 2 aromatic rings. The van der Waals surface area contributed by atoms with Gasteiger partial charge in [0.25, 0.3) is 0 Å². The van der Waals surface area contributed by atoms with Crippen molar-refractivity contribution in [2.45, 2.75) is 39.2 Å². The molecule has 0 aromatic carbocycles. The van der Waals surface area contributed by atoms with Gasteiger partial charge >= 0.3 is 5.69 Å². The van der Waals surface area contributed by atoms with E-state index in [1.54, 1.807) is 19.3 Å². The Morgan fingerprint density at radius 1 is 1.31 bits per heavy atom. The van der Waals surface area contributed by atoms with Gasteiger partial charge in [-0.3, -0.25) is 9.78 Å². The maximum atomic E-state index is 12.4. The molecule has 2 N–H and O–H groups in total. The lowest BCUT2D eigenvalue weighted by Gasteiger charge is -2.19. The molecule has 0 aliphatic carbocycles. The Kier molecular flexibility index (Phi) is 5.78. The summed E-state index contributed by atoms with van der Waals surface area (Å²) in [5.74, 6) is 0.254. The lowest BCUT2D eigenvalue weighted by atomic mass is 9.95. The van der Waals surface area contributed by atoms with Crippen LogP contribution in [0.25, 0.3) is 0 Å². The van der Waals surface area contributed by atoms with Gasteiger partial charge in [-0.1, -0.05) is 0 Å². The van der Waals surface area contributed by atoms with E-state index in [4.69, 9.17) is 4.74 Å². The summed E-state index contributed by atoms with van der Waals surface area (Å²) in [6.07, 6.45) is 5.32. The molecule has 0 radical (unpaired) electrons. The first-order chi connectivity index (χ1) is 12.5. The van der Waals surface area contributed by atoms with Gasteiger partial charge < -0.3 is 15.0 Å². The average molecular weight is 356 g/mol. The summed E-state index contributed by atoms with van der Waals surface area (Å²) in [6, 6.07) is 4.00. The van der Waals surface area contributed by atoms with E-state index in [1.165, 1.54) is 5.56 Å². The smallest absolute Gasteiger partial charge is 0.345 e. The Bertz CT molecular complexity index is 793. The SMILES string of the molecule is Cc1nc(=O)[nH]c(C)c1CCC(=O)N[C@@H]1COC[C@H]1Cc1ccncc1. The van der Waals surface area contributed by atoms with Gasteiger partial charge in [0, 0.05) is 36.1 Å². The number of ether oxygens (including phenoxy) is 1. The molecule has 26 heavy (non-hydrogen) atoms. The number of carbonyl (C=O) groups excluding carboxylic acids is 1. The van der Waals surface area contributed by atoms with Crippen molar-refractivity contribution < 1.29 is 9.53 Å². The number of aryl methyl sites for hydroxylation is 2. The van der Waals surface area contributed by atoms with Gasteiger partial charge in [-0.15, -0.1) is 0 Å². The minimum absolute atomic E-state index is 0.00905. The zero-order valence-corrected chi connectivity index (χ0v) is 15.1. The number of H-pyrrole nitrogens is 1. The lowest BCUT2D eigenvalue weighted by molar-refractivity contribution is -0.122. The highest BCUT2D eigenvalue weighted by atomic mass is 16.5. The molecule has 0 unspecified atom stereocenters. The van der Waals surface area contributed by atoms with E-state index >= 15 is 0 Å². The van der Waals surface area contributed by atoms with Crippen molar-refractivity contribution in [3.8, 4) is 0 Å². The summed E-state index contributed by atoms with van der Waals surface area (Å²) >= 11 is 0. The number of aromatic nitrogens is 3. The molecule has 3 rings (SSSR count). The number of hydrogen-bond donors (Lipinski definition) is 2. The Labute approximate surface area is 152 Å². The summed E-state index contributed by atoms with van der Waals surface area (Å²) in [5.41, 5.74) is 3.22. The number of aromatic amines is 1. The first-order valence-electron chi connectivity index (χ1n) is 8.85. The standard InChI is InChI=1S/C19H24N4O3/c1-12-16(13(2)22-19(25)21-12)3-4-18(24)23-17-11-26-10-15(17)9-14-5-7-20-8-6-14/h5-8,15,17H,3-4,9-11H2,1-2H3,(H,23,24)(H,21,22,25)/t15-,17-/m1/s1. The van der Waals surface area contributed by atoms with Crippen LogP contribution >= 0.6 is 0 Å². The number of nitrogens with zero attached hydrogens (tertiary/aromatic N) is 2. The molecule has 1 aliphatic heterocycles. The first-order valence-corrected chi connectivity index (χ1v) is 8.85. The zero-order chi connectivity index (χ0) is 18.5. The Balaban J connectivity index is 1.55. The van der Waals surface area contributed by atoms with Gasteiger partial charge in [-0.25, -0.2) is 4.79 Å². The molecular formula is C19H24N4O3. The predicted molar refractivity (Wildman–Crippen MR) is 96.8 cm³/mol. The summed E-state index contributed by atoms with van der Waals surface area (Å²) in [6.45, 7) is 4.82. The number of carbonyl (C=O) groups is 1. The molecule has 2 atom stereocenters. The monoisotopic (exact) mass is 356 g/mol. The van der Waals surface area contributed by atoms with Crippen molar-refractivity contribution in [1.82, 2.24) is 20.3 Å².